The number of anilines is 1. The number of carboxylic acid groups (broad SMARTS) is 1. The van der Waals surface area contributed by atoms with E-state index in [-0.39, 0.29) is 0 Å². The minimum Gasteiger partial charge on any atom is -0.478 e. The van der Waals surface area contributed by atoms with Crippen molar-refractivity contribution in [2.24, 2.45) is 5.92 Å². The van der Waals surface area contributed by atoms with Crippen molar-refractivity contribution in [3.05, 3.63) is 28.2 Å². The monoisotopic (exact) mass is 309 g/mol. The maximum atomic E-state index is 10.9. The van der Waals surface area contributed by atoms with Crippen LogP contribution < -0.4 is 4.90 Å². The van der Waals surface area contributed by atoms with Crippen LogP contribution in [-0.4, -0.2) is 23.7 Å². The molecular formula is C14H16BrNO2. The molecule has 0 unspecified atom stereocenters. The van der Waals surface area contributed by atoms with E-state index in [4.69, 9.17) is 5.11 Å². The summed E-state index contributed by atoms with van der Waals surface area (Å²) in [5.74, 6) is -0.0286. The van der Waals surface area contributed by atoms with E-state index in [0.717, 1.165) is 22.6 Å². The van der Waals surface area contributed by atoms with Crippen LogP contribution in [0, 0.1) is 5.92 Å². The molecule has 4 heteroatoms. The molecule has 0 saturated heterocycles. The molecule has 2 fully saturated rings. The highest BCUT2D eigenvalue weighted by Gasteiger charge is 2.34. The highest BCUT2D eigenvalue weighted by molar-refractivity contribution is 9.10. The lowest BCUT2D eigenvalue weighted by Gasteiger charge is -2.26. The Morgan fingerprint density at radius 3 is 2.56 bits per heavy atom. The van der Waals surface area contributed by atoms with Crippen LogP contribution in [-0.2, 0) is 0 Å². The Hall–Kier alpha value is -1.03. The second-order valence-electron chi connectivity index (χ2n) is 5.30. The Labute approximate surface area is 115 Å². The number of rotatable bonds is 5. The smallest absolute Gasteiger partial charge is 0.335 e. The van der Waals surface area contributed by atoms with Crippen molar-refractivity contribution in [1.82, 2.24) is 0 Å². The molecule has 3 nitrogen and oxygen atoms in total. The second kappa shape index (κ2) is 4.57. The highest BCUT2D eigenvalue weighted by atomic mass is 79.9. The first-order chi connectivity index (χ1) is 8.65. The number of aromatic carboxylic acids is 1. The Bertz CT molecular complexity index is 481. The van der Waals surface area contributed by atoms with Crippen LogP contribution in [0.1, 0.15) is 36.0 Å². The van der Waals surface area contributed by atoms with Crippen molar-refractivity contribution >= 4 is 27.6 Å². The average molecular weight is 310 g/mol. The zero-order valence-electron chi connectivity index (χ0n) is 10.1. The maximum absolute atomic E-state index is 10.9. The number of hydrogen-bond donors (Lipinski definition) is 1. The van der Waals surface area contributed by atoms with Gasteiger partial charge in [-0.25, -0.2) is 4.79 Å². The van der Waals surface area contributed by atoms with E-state index in [9.17, 15) is 4.79 Å². The lowest BCUT2D eigenvalue weighted by Crippen LogP contribution is -2.28. The molecule has 1 aromatic carbocycles. The van der Waals surface area contributed by atoms with Crippen LogP contribution in [0.25, 0.3) is 0 Å². The molecule has 0 radical (unpaired) electrons. The summed E-state index contributed by atoms with van der Waals surface area (Å²) < 4.78 is 0.898. The number of carbonyl (C=O) groups is 1. The Balaban J connectivity index is 1.86. The summed E-state index contributed by atoms with van der Waals surface area (Å²) in [5.41, 5.74) is 1.49. The van der Waals surface area contributed by atoms with Crippen molar-refractivity contribution in [2.45, 2.75) is 31.7 Å². The van der Waals surface area contributed by atoms with Crippen molar-refractivity contribution in [1.29, 1.82) is 0 Å². The van der Waals surface area contributed by atoms with E-state index < -0.39 is 5.97 Å². The van der Waals surface area contributed by atoms with Crippen LogP contribution in [0.2, 0.25) is 0 Å². The largest absolute Gasteiger partial charge is 0.478 e. The summed E-state index contributed by atoms with van der Waals surface area (Å²) in [6, 6.07) is 6.01. The van der Waals surface area contributed by atoms with Crippen molar-refractivity contribution < 1.29 is 9.90 Å². The summed E-state index contributed by atoms with van der Waals surface area (Å²) in [6.07, 6.45) is 5.21. The number of hydrogen-bond acceptors (Lipinski definition) is 2. The van der Waals surface area contributed by atoms with E-state index in [0.29, 0.717) is 11.6 Å². The third-order valence-electron chi connectivity index (χ3n) is 3.64. The molecule has 0 atom stereocenters. The van der Waals surface area contributed by atoms with Gasteiger partial charge < -0.3 is 10.0 Å². The minimum absolute atomic E-state index is 0.341. The highest BCUT2D eigenvalue weighted by Crippen LogP contribution is 2.40. The van der Waals surface area contributed by atoms with Crippen molar-refractivity contribution in [2.75, 3.05) is 11.4 Å². The van der Waals surface area contributed by atoms with E-state index >= 15 is 0 Å². The van der Waals surface area contributed by atoms with Crippen LogP contribution in [0.15, 0.2) is 22.7 Å². The lowest BCUT2D eigenvalue weighted by atomic mass is 10.2. The molecule has 0 amide bonds. The summed E-state index contributed by atoms with van der Waals surface area (Å²) in [6.45, 7) is 1.12. The van der Waals surface area contributed by atoms with Gasteiger partial charge in [-0.15, -0.1) is 0 Å². The molecule has 2 saturated carbocycles. The van der Waals surface area contributed by atoms with E-state index in [1.54, 1.807) is 12.1 Å². The third-order valence-corrected chi connectivity index (χ3v) is 4.28. The van der Waals surface area contributed by atoms with Gasteiger partial charge >= 0.3 is 5.97 Å². The van der Waals surface area contributed by atoms with Gasteiger partial charge in [-0.1, -0.05) is 0 Å². The molecule has 2 aliphatic carbocycles. The molecule has 1 N–H and O–H groups in total. The molecule has 18 heavy (non-hydrogen) atoms. The number of carboxylic acids is 1. The first kappa shape index (κ1) is 12.0. The van der Waals surface area contributed by atoms with Gasteiger partial charge in [0.2, 0.25) is 0 Å². The molecular weight excluding hydrogens is 294 g/mol. The van der Waals surface area contributed by atoms with Gasteiger partial charge in [-0.05, 0) is 65.7 Å². The Kier molecular flexibility index (Phi) is 3.06. The van der Waals surface area contributed by atoms with Crippen molar-refractivity contribution in [3.63, 3.8) is 0 Å². The van der Waals surface area contributed by atoms with Gasteiger partial charge in [0.25, 0.3) is 0 Å². The van der Waals surface area contributed by atoms with Crippen LogP contribution in [0.5, 0.6) is 0 Å². The van der Waals surface area contributed by atoms with E-state index in [1.165, 1.54) is 25.7 Å². The number of nitrogens with zero attached hydrogens (tertiary/aromatic N) is 1. The Morgan fingerprint density at radius 2 is 2.06 bits per heavy atom. The Morgan fingerprint density at radius 1 is 1.33 bits per heavy atom. The summed E-state index contributed by atoms with van der Waals surface area (Å²) >= 11 is 3.52. The molecule has 0 spiro atoms. The fourth-order valence-corrected chi connectivity index (χ4v) is 2.89. The first-order valence-electron chi connectivity index (χ1n) is 6.44. The van der Waals surface area contributed by atoms with Crippen LogP contribution >= 0.6 is 15.9 Å². The van der Waals surface area contributed by atoms with Gasteiger partial charge in [0.05, 0.1) is 11.3 Å². The zero-order valence-corrected chi connectivity index (χ0v) is 11.7. The fraction of sp³-hybridized carbons (Fsp3) is 0.500. The second-order valence-corrected chi connectivity index (χ2v) is 6.15. The first-order valence-corrected chi connectivity index (χ1v) is 7.24. The minimum atomic E-state index is -0.873. The average Bonchev–Trinajstić information content (AvgIpc) is 3.19. The number of benzene rings is 1. The summed E-state index contributed by atoms with van der Waals surface area (Å²) in [7, 11) is 0. The molecule has 96 valence electrons. The fourth-order valence-electron chi connectivity index (χ4n) is 2.28. The van der Waals surface area contributed by atoms with Gasteiger partial charge in [0, 0.05) is 17.1 Å². The SMILES string of the molecule is O=C(O)c1ccc(N(CC2CC2)C2CC2)c(Br)c1. The van der Waals surface area contributed by atoms with E-state index in [1.807, 2.05) is 6.07 Å². The summed E-state index contributed by atoms with van der Waals surface area (Å²) in [5, 5.41) is 8.98. The molecule has 1 aromatic rings. The molecule has 3 rings (SSSR count). The molecule has 0 bridgehead atoms. The van der Waals surface area contributed by atoms with Gasteiger partial charge in [-0.3, -0.25) is 0 Å². The standard InChI is InChI=1S/C14H16BrNO2/c15-12-7-10(14(17)18)3-6-13(12)16(11-4-5-11)8-9-1-2-9/h3,6-7,9,11H,1-2,4-5,8H2,(H,17,18). The maximum Gasteiger partial charge on any atom is 0.335 e. The summed E-state index contributed by atoms with van der Waals surface area (Å²) in [4.78, 5) is 13.4. The predicted molar refractivity (Wildman–Crippen MR) is 74.2 cm³/mol. The molecule has 0 heterocycles. The van der Waals surface area contributed by atoms with Crippen LogP contribution in [0.3, 0.4) is 0 Å². The van der Waals surface area contributed by atoms with Crippen LogP contribution in [0.4, 0.5) is 5.69 Å². The number of halogens is 1. The lowest BCUT2D eigenvalue weighted by molar-refractivity contribution is 0.0697. The normalized spacial score (nSPS) is 18.7. The van der Waals surface area contributed by atoms with Crippen molar-refractivity contribution in [3.8, 4) is 0 Å². The van der Waals surface area contributed by atoms with E-state index in [2.05, 4.69) is 20.8 Å². The van der Waals surface area contributed by atoms with Gasteiger partial charge in [0.15, 0.2) is 0 Å². The molecule has 2 aliphatic rings. The molecule has 0 aromatic heterocycles. The van der Waals surface area contributed by atoms with Gasteiger partial charge in [-0.2, -0.15) is 0 Å². The predicted octanol–water partition coefficient (Wildman–Crippen LogP) is 3.53. The zero-order chi connectivity index (χ0) is 12.7. The third kappa shape index (κ3) is 2.53. The topological polar surface area (TPSA) is 40.5 Å². The van der Waals surface area contributed by atoms with Gasteiger partial charge in [0.1, 0.15) is 0 Å². The molecule has 0 aliphatic heterocycles. The quantitative estimate of drug-likeness (QED) is 0.904.